The third-order valence-electron chi connectivity index (χ3n) is 1.41. The van der Waals surface area contributed by atoms with Gasteiger partial charge in [0.2, 0.25) is 0 Å². The lowest BCUT2D eigenvalue weighted by Crippen LogP contribution is -2.30. The van der Waals surface area contributed by atoms with Crippen LogP contribution in [0, 0.1) is 5.92 Å². The van der Waals surface area contributed by atoms with Gasteiger partial charge in [-0.25, -0.2) is 0 Å². The minimum absolute atomic E-state index is 0.449. The number of hydrogen-bond donors (Lipinski definition) is 1. The Morgan fingerprint density at radius 3 is 2.22 bits per heavy atom. The summed E-state index contributed by atoms with van der Waals surface area (Å²) in [5.74, 6) is 0.636. The minimum atomic E-state index is 0.449. The molecule has 0 aliphatic carbocycles. The van der Waals surface area contributed by atoms with Gasteiger partial charge in [-0.15, -0.1) is 0 Å². The van der Waals surface area contributed by atoms with Crippen molar-refractivity contribution in [3.05, 3.63) is 0 Å². The molecule has 2 heteroatoms. The Labute approximate surface area is 57.5 Å². The number of hydrogen-bond acceptors (Lipinski definition) is 2. The molecule has 0 bridgehead atoms. The molecule has 0 aliphatic rings. The van der Waals surface area contributed by atoms with Crippen molar-refractivity contribution < 1.29 is 4.84 Å². The van der Waals surface area contributed by atoms with Crippen LogP contribution in [0.5, 0.6) is 0 Å². The van der Waals surface area contributed by atoms with Crippen LogP contribution in [-0.4, -0.2) is 12.6 Å². The molecule has 0 heterocycles. The van der Waals surface area contributed by atoms with Crippen molar-refractivity contribution in [1.82, 2.24) is 5.48 Å². The Morgan fingerprint density at radius 2 is 1.89 bits per heavy atom. The molecular formula is C7H17NO. The third-order valence-corrected chi connectivity index (χ3v) is 1.41. The fraction of sp³-hybridized carbons (Fsp3) is 1.00. The average Bonchev–Trinajstić information content (AvgIpc) is 1.82. The Kier molecular flexibility index (Phi) is 4.72. The van der Waals surface area contributed by atoms with Crippen molar-refractivity contribution in [2.24, 2.45) is 5.92 Å². The molecule has 0 aromatic heterocycles. The van der Waals surface area contributed by atoms with Gasteiger partial charge in [-0.2, -0.15) is 5.48 Å². The standard InChI is InChI=1S/C7H17NO/c1-5-9-8-7(4)6(2)3/h6-8H,5H2,1-4H3/t7-/m1/s1. The van der Waals surface area contributed by atoms with Crippen molar-refractivity contribution in [1.29, 1.82) is 0 Å². The van der Waals surface area contributed by atoms with Gasteiger partial charge in [0.25, 0.3) is 0 Å². The second-order valence-corrected chi connectivity index (χ2v) is 2.58. The largest absolute Gasteiger partial charge is 0.302 e. The first kappa shape index (κ1) is 8.92. The summed E-state index contributed by atoms with van der Waals surface area (Å²) in [6.45, 7) is 9.14. The Balaban J connectivity index is 3.16. The van der Waals surface area contributed by atoms with Crippen LogP contribution in [0.15, 0.2) is 0 Å². The van der Waals surface area contributed by atoms with E-state index >= 15 is 0 Å². The maximum absolute atomic E-state index is 5.01. The zero-order valence-electron chi connectivity index (χ0n) is 6.77. The van der Waals surface area contributed by atoms with E-state index in [1.165, 1.54) is 0 Å². The summed E-state index contributed by atoms with van der Waals surface area (Å²) in [4.78, 5) is 5.01. The van der Waals surface area contributed by atoms with E-state index in [0.717, 1.165) is 6.61 Å². The van der Waals surface area contributed by atoms with Crippen LogP contribution in [0.4, 0.5) is 0 Å². The van der Waals surface area contributed by atoms with Crippen molar-refractivity contribution in [2.45, 2.75) is 33.7 Å². The summed E-state index contributed by atoms with van der Waals surface area (Å²) in [7, 11) is 0. The monoisotopic (exact) mass is 131 g/mol. The van der Waals surface area contributed by atoms with Gasteiger partial charge in [-0.3, -0.25) is 0 Å². The van der Waals surface area contributed by atoms with Gasteiger partial charge in [0.15, 0.2) is 0 Å². The SMILES string of the molecule is CCON[C@H](C)C(C)C. The molecule has 2 nitrogen and oxygen atoms in total. The van der Waals surface area contributed by atoms with Crippen LogP contribution in [0.2, 0.25) is 0 Å². The topological polar surface area (TPSA) is 21.3 Å². The predicted molar refractivity (Wildman–Crippen MR) is 39.1 cm³/mol. The average molecular weight is 131 g/mol. The highest BCUT2D eigenvalue weighted by atomic mass is 16.6. The van der Waals surface area contributed by atoms with Crippen molar-refractivity contribution in [3.63, 3.8) is 0 Å². The van der Waals surface area contributed by atoms with Crippen molar-refractivity contribution in [2.75, 3.05) is 6.61 Å². The Bertz CT molecular complexity index is 63.9. The summed E-state index contributed by atoms with van der Waals surface area (Å²) in [6.07, 6.45) is 0. The molecule has 0 saturated carbocycles. The zero-order valence-corrected chi connectivity index (χ0v) is 6.77. The molecule has 1 N–H and O–H groups in total. The first-order chi connectivity index (χ1) is 4.18. The summed E-state index contributed by atoms with van der Waals surface area (Å²) in [5.41, 5.74) is 2.93. The molecule has 0 aromatic rings. The fourth-order valence-electron chi connectivity index (χ4n) is 0.351. The molecule has 1 atom stereocenters. The molecule has 0 aliphatic heterocycles. The van der Waals surface area contributed by atoms with Gasteiger partial charge >= 0.3 is 0 Å². The van der Waals surface area contributed by atoms with E-state index in [0.29, 0.717) is 12.0 Å². The van der Waals surface area contributed by atoms with Crippen molar-refractivity contribution >= 4 is 0 Å². The van der Waals surface area contributed by atoms with E-state index in [2.05, 4.69) is 26.3 Å². The van der Waals surface area contributed by atoms with Crippen LogP contribution in [0.1, 0.15) is 27.7 Å². The van der Waals surface area contributed by atoms with E-state index in [4.69, 9.17) is 4.84 Å². The fourth-order valence-corrected chi connectivity index (χ4v) is 0.351. The first-order valence-corrected chi connectivity index (χ1v) is 3.55. The van der Waals surface area contributed by atoms with E-state index in [9.17, 15) is 0 Å². The van der Waals surface area contributed by atoms with Crippen LogP contribution >= 0.6 is 0 Å². The highest BCUT2D eigenvalue weighted by Crippen LogP contribution is 1.98. The van der Waals surface area contributed by atoms with Crippen LogP contribution in [-0.2, 0) is 4.84 Å². The van der Waals surface area contributed by atoms with Gasteiger partial charge in [0.05, 0.1) is 6.61 Å². The van der Waals surface area contributed by atoms with Gasteiger partial charge in [0, 0.05) is 6.04 Å². The molecule has 0 unspecified atom stereocenters. The summed E-state index contributed by atoms with van der Waals surface area (Å²) in [6, 6.07) is 0.449. The zero-order chi connectivity index (χ0) is 7.28. The molecule has 0 saturated heterocycles. The number of rotatable bonds is 4. The molecular weight excluding hydrogens is 114 g/mol. The van der Waals surface area contributed by atoms with Crippen LogP contribution in [0.3, 0.4) is 0 Å². The quantitative estimate of drug-likeness (QED) is 0.585. The second-order valence-electron chi connectivity index (χ2n) is 2.58. The molecule has 0 rings (SSSR count). The van der Waals surface area contributed by atoms with Crippen LogP contribution < -0.4 is 5.48 Å². The maximum atomic E-state index is 5.01. The predicted octanol–water partition coefficient (Wildman–Crippen LogP) is 1.57. The normalized spacial score (nSPS) is 14.3. The first-order valence-electron chi connectivity index (χ1n) is 3.55. The summed E-state index contributed by atoms with van der Waals surface area (Å²) < 4.78 is 0. The second kappa shape index (κ2) is 4.77. The van der Waals surface area contributed by atoms with E-state index in [1.54, 1.807) is 0 Å². The lowest BCUT2D eigenvalue weighted by molar-refractivity contribution is 0.0180. The highest BCUT2D eigenvalue weighted by molar-refractivity contribution is 4.57. The molecule has 9 heavy (non-hydrogen) atoms. The molecule has 0 spiro atoms. The van der Waals surface area contributed by atoms with Crippen LogP contribution in [0.25, 0.3) is 0 Å². The van der Waals surface area contributed by atoms with E-state index in [-0.39, 0.29) is 0 Å². The summed E-state index contributed by atoms with van der Waals surface area (Å²) in [5, 5.41) is 0. The Morgan fingerprint density at radius 1 is 1.33 bits per heavy atom. The molecule has 0 radical (unpaired) electrons. The smallest absolute Gasteiger partial charge is 0.0654 e. The molecule has 0 aromatic carbocycles. The lowest BCUT2D eigenvalue weighted by Gasteiger charge is -2.15. The number of hydroxylamine groups is 1. The lowest BCUT2D eigenvalue weighted by atomic mass is 10.1. The maximum Gasteiger partial charge on any atom is 0.0654 e. The van der Waals surface area contributed by atoms with E-state index in [1.807, 2.05) is 6.92 Å². The third kappa shape index (κ3) is 4.43. The van der Waals surface area contributed by atoms with Gasteiger partial charge < -0.3 is 4.84 Å². The van der Waals surface area contributed by atoms with Gasteiger partial charge in [-0.05, 0) is 19.8 Å². The molecule has 0 fully saturated rings. The minimum Gasteiger partial charge on any atom is -0.302 e. The van der Waals surface area contributed by atoms with Crippen molar-refractivity contribution in [3.8, 4) is 0 Å². The molecule has 0 amide bonds. The number of nitrogens with one attached hydrogen (secondary N) is 1. The highest BCUT2D eigenvalue weighted by Gasteiger charge is 2.04. The Hall–Kier alpha value is -0.0800. The van der Waals surface area contributed by atoms with Gasteiger partial charge in [-0.1, -0.05) is 13.8 Å². The van der Waals surface area contributed by atoms with Gasteiger partial charge in [0.1, 0.15) is 0 Å². The summed E-state index contributed by atoms with van der Waals surface area (Å²) >= 11 is 0. The van der Waals surface area contributed by atoms with E-state index < -0.39 is 0 Å². The molecule has 56 valence electrons.